The van der Waals surface area contributed by atoms with Crippen molar-refractivity contribution in [3.05, 3.63) is 63.4 Å². The van der Waals surface area contributed by atoms with E-state index in [2.05, 4.69) is 5.32 Å². The number of hydrogen-bond acceptors (Lipinski definition) is 2. The van der Waals surface area contributed by atoms with E-state index in [1.807, 2.05) is 0 Å². The molecule has 0 amide bonds. The van der Waals surface area contributed by atoms with Crippen LogP contribution in [-0.4, -0.2) is 11.7 Å². The summed E-state index contributed by atoms with van der Waals surface area (Å²) in [5, 5.41) is 13.0. The molecule has 2 nitrogen and oxygen atoms in total. The standard InChI is InChI=1S/C14H10Cl2F3NO/c15-7-1-2-10(16)9(3-7)13(21)6-20-14-11(18)4-8(17)5-12(14)19/h1-5,13,20-21H,6H2. The summed E-state index contributed by atoms with van der Waals surface area (Å²) in [5.41, 5.74) is -0.201. The molecule has 2 aromatic rings. The largest absolute Gasteiger partial charge is 0.387 e. The zero-order valence-corrected chi connectivity index (χ0v) is 12.0. The van der Waals surface area contributed by atoms with Crippen LogP contribution in [0.1, 0.15) is 11.7 Å². The Morgan fingerprint density at radius 1 is 1.05 bits per heavy atom. The van der Waals surface area contributed by atoms with Gasteiger partial charge in [0.2, 0.25) is 0 Å². The fourth-order valence-electron chi connectivity index (χ4n) is 1.79. The van der Waals surface area contributed by atoms with Crippen LogP contribution < -0.4 is 5.32 Å². The van der Waals surface area contributed by atoms with Crippen LogP contribution in [0.15, 0.2) is 30.3 Å². The molecule has 0 bridgehead atoms. The van der Waals surface area contributed by atoms with Gasteiger partial charge in [0, 0.05) is 34.3 Å². The maximum Gasteiger partial charge on any atom is 0.152 e. The van der Waals surface area contributed by atoms with Crippen molar-refractivity contribution in [3.8, 4) is 0 Å². The summed E-state index contributed by atoms with van der Waals surface area (Å²) in [4.78, 5) is 0. The summed E-state index contributed by atoms with van der Waals surface area (Å²) in [7, 11) is 0. The van der Waals surface area contributed by atoms with Crippen molar-refractivity contribution in [1.29, 1.82) is 0 Å². The predicted octanol–water partition coefficient (Wildman–Crippen LogP) is 4.56. The van der Waals surface area contributed by atoms with Gasteiger partial charge in [0.15, 0.2) is 11.6 Å². The van der Waals surface area contributed by atoms with Crippen molar-refractivity contribution >= 4 is 28.9 Å². The van der Waals surface area contributed by atoms with Gasteiger partial charge in [-0.15, -0.1) is 0 Å². The molecule has 7 heteroatoms. The Bertz CT molecular complexity index is 644. The van der Waals surface area contributed by atoms with Crippen LogP contribution in [0.5, 0.6) is 0 Å². The Morgan fingerprint density at radius 2 is 1.67 bits per heavy atom. The van der Waals surface area contributed by atoms with Gasteiger partial charge in [-0.1, -0.05) is 23.2 Å². The lowest BCUT2D eigenvalue weighted by atomic mass is 10.1. The molecule has 0 aliphatic rings. The van der Waals surface area contributed by atoms with E-state index in [1.54, 1.807) is 6.07 Å². The van der Waals surface area contributed by atoms with E-state index in [0.29, 0.717) is 22.7 Å². The van der Waals surface area contributed by atoms with Crippen molar-refractivity contribution in [3.63, 3.8) is 0 Å². The summed E-state index contributed by atoms with van der Waals surface area (Å²) >= 11 is 11.7. The number of halogens is 5. The molecular weight excluding hydrogens is 326 g/mol. The van der Waals surface area contributed by atoms with Crippen molar-refractivity contribution in [2.24, 2.45) is 0 Å². The summed E-state index contributed by atoms with van der Waals surface area (Å²) in [6.45, 7) is -0.223. The molecule has 21 heavy (non-hydrogen) atoms. The molecule has 0 spiro atoms. The summed E-state index contributed by atoms with van der Waals surface area (Å²) < 4.78 is 39.7. The number of hydrogen-bond donors (Lipinski definition) is 2. The minimum atomic E-state index is -1.14. The molecule has 2 N–H and O–H groups in total. The Kier molecular flexibility index (Phi) is 4.98. The number of rotatable bonds is 4. The lowest BCUT2D eigenvalue weighted by Gasteiger charge is -2.15. The molecule has 0 saturated heterocycles. The number of nitrogens with one attached hydrogen (secondary N) is 1. The molecular formula is C14H10Cl2F3NO. The molecule has 2 rings (SSSR count). The first-order valence-corrected chi connectivity index (χ1v) is 6.65. The second-order valence-electron chi connectivity index (χ2n) is 4.31. The van der Waals surface area contributed by atoms with E-state index in [9.17, 15) is 18.3 Å². The molecule has 1 atom stereocenters. The molecule has 0 radical (unpaired) electrons. The van der Waals surface area contributed by atoms with Gasteiger partial charge >= 0.3 is 0 Å². The highest BCUT2D eigenvalue weighted by molar-refractivity contribution is 6.33. The maximum absolute atomic E-state index is 13.4. The Morgan fingerprint density at radius 3 is 2.29 bits per heavy atom. The van der Waals surface area contributed by atoms with Gasteiger partial charge in [-0.25, -0.2) is 13.2 Å². The zero-order chi connectivity index (χ0) is 15.6. The molecule has 1 unspecified atom stereocenters. The Labute approximate surface area is 129 Å². The second-order valence-corrected chi connectivity index (χ2v) is 5.15. The lowest BCUT2D eigenvalue weighted by Crippen LogP contribution is -2.14. The number of aliphatic hydroxyl groups is 1. The fourth-order valence-corrected chi connectivity index (χ4v) is 2.21. The van der Waals surface area contributed by atoms with E-state index >= 15 is 0 Å². The molecule has 112 valence electrons. The van der Waals surface area contributed by atoms with Crippen molar-refractivity contribution in [1.82, 2.24) is 0 Å². The smallest absolute Gasteiger partial charge is 0.152 e. The van der Waals surface area contributed by atoms with Crippen LogP contribution in [-0.2, 0) is 0 Å². The first kappa shape index (κ1) is 15.9. The van der Waals surface area contributed by atoms with Crippen molar-refractivity contribution < 1.29 is 18.3 Å². The highest BCUT2D eigenvalue weighted by atomic mass is 35.5. The van der Waals surface area contributed by atoms with E-state index < -0.39 is 29.2 Å². The average molecular weight is 336 g/mol. The maximum atomic E-state index is 13.4. The fraction of sp³-hybridized carbons (Fsp3) is 0.143. The molecule has 2 aromatic carbocycles. The first-order valence-electron chi connectivity index (χ1n) is 5.90. The van der Waals surface area contributed by atoms with Crippen LogP contribution >= 0.6 is 23.2 Å². The molecule has 0 aliphatic heterocycles. The van der Waals surface area contributed by atoms with Crippen molar-refractivity contribution in [2.45, 2.75) is 6.10 Å². The van der Waals surface area contributed by atoms with Gasteiger partial charge in [0.25, 0.3) is 0 Å². The third-order valence-electron chi connectivity index (χ3n) is 2.80. The topological polar surface area (TPSA) is 32.3 Å². The Balaban J connectivity index is 2.15. The average Bonchev–Trinajstić information content (AvgIpc) is 2.40. The van der Waals surface area contributed by atoms with Crippen LogP contribution in [0.4, 0.5) is 18.9 Å². The van der Waals surface area contributed by atoms with Crippen LogP contribution in [0.25, 0.3) is 0 Å². The van der Waals surface area contributed by atoms with Gasteiger partial charge in [-0.3, -0.25) is 0 Å². The van der Waals surface area contributed by atoms with Gasteiger partial charge < -0.3 is 10.4 Å². The second kappa shape index (κ2) is 6.56. The molecule has 0 saturated carbocycles. The Hall–Kier alpha value is -1.43. The predicted molar refractivity (Wildman–Crippen MR) is 76.2 cm³/mol. The highest BCUT2D eigenvalue weighted by Gasteiger charge is 2.16. The molecule has 0 heterocycles. The number of benzene rings is 2. The van der Waals surface area contributed by atoms with E-state index in [4.69, 9.17) is 23.2 Å². The van der Waals surface area contributed by atoms with Crippen LogP contribution in [0, 0.1) is 17.5 Å². The summed E-state index contributed by atoms with van der Waals surface area (Å²) in [6, 6.07) is 5.59. The van der Waals surface area contributed by atoms with Crippen LogP contribution in [0.3, 0.4) is 0 Å². The third-order valence-corrected chi connectivity index (χ3v) is 3.38. The molecule has 0 aliphatic carbocycles. The van der Waals surface area contributed by atoms with Gasteiger partial charge in [0.1, 0.15) is 11.5 Å². The van der Waals surface area contributed by atoms with Gasteiger partial charge in [-0.2, -0.15) is 0 Å². The van der Waals surface area contributed by atoms with E-state index in [1.165, 1.54) is 12.1 Å². The molecule has 0 fully saturated rings. The van der Waals surface area contributed by atoms with E-state index in [0.717, 1.165) is 0 Å². The summed E-state index contributed by atoms with van der Waals surface area (Å²) in [6.07, 6.45) is -1.14. The molecule has 0 aromatic heterocycles. The van der Waals surface area contributed by atoms with E-state index in [-0.39, 0.29) is 11.6 Å². The number of aliphatic hydroxyl groups excluding tert-OH is 1. The van der Waals surface area contributed by atoms with Gasteiger partial charge in [0.05, 0.1) is 6.10 Å². The highest BCUT2D eigenvalue weighted by Crippen LogP contribution is 2.27. The summed E-state index contributed by atoms with van der Waals surface area (Å²) in [5.74, 6) is -3.19. The SMILES string of the molecule is OC(CNc1c(F)cc(F)cc1F)c1cc(Cl)ccc1Cl. The van der Waals surface area contributed by atoms with Gasteiger partial charge in [-0.05, 0) is 18.2 Å². The zero-order valence-electron chi connectivity index (χ0n) is 10.5. The minimum Gasteiger partial charge on any atom is -0.387 e. The minimum absolute atomic E-state index is 0.223. The van der Waals surface area contributed by atoms with Crippen molar-refractivity contribution in [2.75, 3.05) is 11.9 Å². The number of anilines is 1. The van der Waals surface area contributed by atoms with Crippen LogP contribution in [0.2, 0.25) is 10.0 Å². The monoisotopic (exact) mass is 335 g/mol. The normalized spacial score (nSPS) is 12.3. The quantitative estimate of drug-likeness (QED) is 0.858. The lowest BCUT2D eigenvalue weighted by molar-refractivity contribution is 0.191. The first-order chi connectivity index (χ1) is 9.88. The third kappa shape index (κ3) is 3.81.